The Morgan fingerprint density at radius 3 is 3.00 bits per heavy atom. The average molecular weight is 218 g/mol. The Bertz CT molecular complexity index is 504. The second-order valence-corrected chi connectivity index (χ2v) is 3.45. The highest BCUT2D eigenvalue weighted by Gasteiger charge is 2.08. The molecule has 0 saturated heterocycles. The fourth-order valence-corrected chi connectivity index (χ4v) is 1.49. The number of nitrogens with zero attached hydrogens (tertiary/aromatic N) is 2. The number of allylic oxidation sites excluding steroid dienone is 1. The molecule has 0 aliphatic carbocycles. The molecule has 1 heterocycles. The lowest BCUT2D eigenvalue weighted by Gasteiger charge is -2.04. The molecule has 0 unspecified atom stereocenters. The molecule has 0 radical (unpaired) electrons. The third-order valence-electron chi connectivity index (χ3n) is 2.31. The van der Waals surface area contributed by atoms with E-state index in [0.717, 1.165) is 18.7 Å². The van der Waals surface area contributed by atoms with E-state index in [9.17, 15) is 0 Å². The maximum absolute atomic E-state index is 5.74. The predicted octanol–water partition coefficient (Wildman–Crippen LogP) is 2.18. The Morgan fingerprint density at radius 1 is 1.38 bits per heavy atom. The lowest BCUT2D eigenvalue weighted by atomic mass is 10.2. The molecule has 16 heavy (non-hydrogen) atoms. The molecule has 1 aromatic heterocycles. The van der Waals surface area contributed by atoms with Crippen LogP contribution in [0, 0.1) is 0 Å². The Kier molecular flexibility index (Phi) is 3.05. The number of benzene rings is 1. The van der Waals surface area contributed by atoms with Gasteiger partial charge in [-0.15, -0.1) is 0 Å². The summed E-state index contributed by atoms with van der Waals surface area (Å²) >= 11 is 0. The van der Waals surface area contributed by atoms with Crippen molar-refractivity contribution in [1.82, 2.24) is 10.3 Å². The van der Waals surface area contributed by atoms with E-state index in [4.69, 9.17) is 5.73 Å². The predicted molar refractivity (Wildman–Crippen MR) is 64.1 cm³/mol. The number of anilines is 2. The number of fused-ring (bicyclic) bond motifs is 1. The fraction of sp³-hybridized carbons (Fsp3) is 0.273. The summed E-state index contributed by atoms with van der Waals surface area (Å²) < 4.78 is 4.68. The number of aromatic nitrogens is 2. The Labute approximate surface area is 93.3 Å². The molecule has 5 nitrogen and oxygen atoms in total. The van der Waals surface area contributed by atoms with E-state index >= 15 is 0 Å². The zero-order valence-corrected chi connectivity index (χ0v) is 9.10. The highest BCUT2D eigenvalue weighted by molar-refractivity contribution is 5.94. The zero-order valence-electron chi connectivity index (χ0n) is 9.10. The van der Waals surface area contributed by atoms with Crippen molar-refractivity contribution in [2.45, 2.75) is 13.3 Å². The normalized spacial score (nSPS) is 11.3. The van der Waals surface area contributed by atoms with Crippen LogP contribution in [0.4, 0.5) is 11.4 Å². The van der Waals surface area contributed by atoms with Gasteiger partial charge in [-0.2, -0.15) is 0 Å². The first-order valence-electron chi connectivity index (χ1n) is 5.18. The third kappa shape index (κ3) is 1.98. The van der Waals surface area contributed by atoms with Crippen LogP contribution < -0.4 is 11.1 Å². The molecule has 0 spiro atoms. The van der Waals surface area contributed by atoms with Crippen LogP contribution in [0.1, 0.15) is 13.3 Å². The summed E-state index contributed by atoms with van der Waals surface area (Å²) in [5.74, 6) is 0. The van der Waals surface area contributed by atoms with Gasteiger partial charge >= 0.3 is 0 Å². The molecule has 3 N–H and O–H groups in total. The first-order valence-corrected chi connectivity index (χ1v) is 5.18. The molecule has 5 heteroatoms. The average Bonchev–Trinajstić information content (AvgIpc) is 2.77. The topological polar surface area (TPSA) is 77.0 Å². The minimum absolute atomic E-state index is 0.579. The maximum Gasteiger partial charge on any atom is 0.160 e. The summed E-state index contributed by atoms with van der Waals surface area (Å²) in [6.07, 6.45) is 5.09. The molecule has 0 saturated carbocycles. The highest BCUT2D eigenvalue weighted by Crippen LogP contribution is 2.24. The molecule has 0 aliphatic rings. The van der Waals surface area contributed by atoms with Gasteiger partial charge in [0.25, 0.3) is 0 Å². The number of nitrogens with one attached hydrogen (secondary N) is 1. The molecule has 0 fully saturated rings. The van der Waals surface area contributed by atoms with Crippen molar-refractivity contribution < 1.29 is 4.63 Å². The Balaban J connectivity index is 2.18. The minimum Gasteiger partial charge on any atom is -0.397 e. The van der Waals surface area contributed by atoms with Crippen LogP contribution in [0.25, 0.3) is 11.0 Å². The number of hydrogen-bond donors (Lipinski definition) is 2. The molecular weight excluding hydrogens is 204 g/mol. The monoisotopic (exact) mass is 218 g/mol. The molecule has 0 aliphatic heterocycles. The maximum atomic E-state index is 5.74. The van der Waals surface area contributed by atoms with Gasteiger partial charge in [-0.25, -0.2) is 4.63 Å². The lowest BCUT2D eigenvalue weighted by Crippen LogP contribution is -2.01. The van der Waals surface area contributed by atoms with Gasteiger partial charge in [0.15, 0.2) is 11.0 Å². The van der Waals surface area contributed by atoms with Crippen molar-refractivity contribution in [2.75, 3.05) is 17.6 Å². The first-order chi connectivity index (χ1) is 7.83. The van der Waals surface area contributed by atoms with Crippen LogP contribution in [0.15, 0.2) is 28.9 Å². The van der Waals surface area contributed by atoms with E-state index in [2.05, 4.69) is 26.3 Å². The summed E-state index contributed by atoms with van der Waals surface area (Å²) in [7, 11) is 0. The van der Waals surface area contributed by atoms with E-state index in [1.807, 2.05) is 19.1 Å². The van der Waals surface area contributed by atoms with Crippen molar-refractivity contribution in [3.05, 3.63) is 24.3 Å². The van der Waals surface area contributed by atoms with Crippen molar-refractivity contribution in [2.24, 2.45) is 0 Å². The Hall–Kier alpha value is -2.04. The molecule has 0 bridgehead atoms. The number of rotatable bonds is 4. The second kappa shape index (κ2) is 4.65. The molecule has 2 aromatic rings. The molecule has 2 rings (SSSR count). The van der Waals surface area contributed by atoms with Gasteiger partial charge in [0.2, 0.25) is 0 Å². The van der Waals surface area contributed by atoms with Crippen LogP contribution in [0.3, 0.4) is 0 Å². The van der Waals surface area contributed by atoms with Gasteiger partial charge in [-0.3, -0.25) is 0 Å². The fourth-order valence-electron chi connectivity index (χ4n) is 1.49. The smallest absolute Gasteiger partial charge is 0.160 e. The number of hydrogen-bond acceptors (Lipinski definition) is 5. The van der Waals surface area contributed by atoms with Gasteiger partial charge in [0, 0.05) is 6.54 Å². The van der Waals surface area contributed by atoms with Crippen molar-refractivity contribution in [1.29, 1.82) is 0 Å². The van der Waals surface area contributed by atoms with Gasteiger partial charge in [0.1, 0.15) is 0 Å². The summed E-state index contributed by atoms with van der Waals surface area (Å²) in [4.78, 5) is 0. The summed E-state index contributed by atoms with van der Waals surface area (Å²) in [6, 6.07) is 3.68. The van der Waals surface area contributed by atoms with Crippen LogP contribution in [-0.2, 0) is 0 Å². The first kappa shape index (κ1) is 10.5. The van der Waals surface area contributed by atoms with Gasteiger partial charge in [-0.1, -0.05) is 12.2 Å². The summed E-state index contributed by atoms with van der Waals surface area (Å²) in [5.41, 5.74) is 8.51. The van der Waals surface area contributed by atoms with E-state index < -0.39 is 0 Å². The quantitative estimate of drug-likeness (QED) is 0.467. The van der Waals surface area contributed by atoms with Gasteiger partial charge < -0.3 is 11.1 Å². The molecule has 84 valence electrons. The van der Waals surface area contributed by atoms with E-state index in [-0.39, 0.29) is 0 Å². The minimum atomic E-state index is 0.579. The van der Waals surface area contributed by atoms with Gasteiger partial charge in [-0.05, 0) is 35.8 Å². The molecule has 1 aromatic carbocycles. The number of nitrogens with two attached hydrogens (primary N) is 1. The van der Waals surface area contributed by atoms with Crippen LogP contribution in [-0.4, -0.2) is 16.9 Å². The molecular formula is C11H14N4O. The summed E-state index contributed by atoms with van der Waals surface area (Å²) in [5, 5.41) is 10.9. The highest BCUT2D eigenvalue weighted by atomic mass is 16.6. The largest absolute Gasteiger partial charge is 0.397 e. The van der Waals surface area contributed by atoms with E-state index in [1.54, 1.807) is 6.07 Å². The van der Waals surface area contributed by atoms with Crippen LogP contribution >= 0.6 is 0 Å². The standard InChI is InChI=1S/C11H14N4O/c1-2-3-4-7-13-9-6-5-8(12)10-11(9)15-16-14-10/h2-3,5-6,13H,4,7,12H2,1H3/b3-2+. The Morgan fingerprint density at radius 2 is 2.19 bits per heavy atom. The lowest BCUT2D eigenvalue weighted by molar-refractivity contribution is 0.316. The van der Waals surface area contributed by atoms with Crippen molar-refractivity contribution in [3.63, 3.8) is 0 Å². The van der Waals surface area contributed by atoms with E-state index in [1.165, 1.54) is 0 Å². The second-order valence-electron chi connectivity index (χ2n) is 3.45. The SMILES string of the molecule is C/C=C/CCNc1ccc(N)c2nonc12. The zero-order chi connectivity index (χ0) is 11.4. The van der Waals surface area contributed by atoms with Crippen LogP contribution in [0.5, 0.6) is 0 Å². The third-order valence-corrected chi connectivity index (χ3v) is 2.31. The summed E-state index contributed by atoms with van der Waals surface area (Å²) in [6.45, 7) is 2.85. The van der Waals surface area contributed by atoms with Crippen LogP contribution in [0.2, 0.25) is 0 Å². The van der Waals surface area contributed by atoms with Gasteiger partial charge in [0.05, 0.1) is 11.4 Å². The molecule has 0 atom stereocenters. The van der Waals surface area contributed by atoms with E-state index in [0.29, 0.717) is 16.7 Å². The molecule has 0 amide bonds. The van der Waals surface area contributed by atoms with Crippen molar-refractivity contribution >= 4 is 22.4 Å². The van der Waals surface area contributed by atoms with Crippen molar-refractivity contribution in [3.8, 4) is 0 Å². The number of nitrogen functional groups attached to an aromatic ring is 1.